The zero-order valence-electron chi connectivity index (χ0n) is 9.02. The summed E-state index contributed by atoms with van der Waals surface area (Å²) in [6.07, 6.45) is 4.91. The highest BCUT2D eigenvalue weighted by atomic mass is 35.5. The summed E-state index contributed by atoms with van der Waals surface area (Å²) in [5.74, 6) is 0. The molecule has 0 aromatic heterocycles. The molecule has 0 radical (unpaired) electrons. The second kappa shape index (κ2) is 3.93. The molecular formula is C12H17ClN2. The SMILES string of the molecule is CCC1(Nc2cccc(Cl)c2N)CCC1. The smallest absolute Gasteiger partial charge is 0.0739 e. The van der Waals surface area contributed by atoms with E-state index >= 15 is 0 Å². The molecule has 3 heteroatoms. The molecule has 1 aliphatic carbocycles. The first-order valence-electron chi connectivity index (χ1n) is 5.49. The van der Waals surface area contributed by atoms with E-state index < -0.39 is 0 Å². The average Bonchev–Trinajstić information content (AvgIpc) is 2.18. The quantitative estimate of drug-likeness (QED) is 0.769. The number of nitrogens with one attached hydrogen (secondary N) is 1. The van der Waals surface area contributed by atoms with Crippen LogP contribution in [0.4, 0.5) is 11.4 Å². The Labute approximate surface area is 95.8 Å². The van der Waals surface area contributed by atoms with E-state index in [0.29, 0.717) is 10.7 Å². The molecule has 1 aromatic rings. The Bertz CT molecular complexity index is 353. The number of halogens is 1. The molecule has 1 saturated carbocycles. The largest absolute Gasteiger partial charge is 0.396 e. The predicted molar refractivity (Wildman–Crippen MR) is 66.4 cm³/mol. The molecule has 2 rings (SSSR count). The highest BCUT2D eigenvalue weighted by molar-refractivity contribution is 6.33. The van der Waals surface area contributed by atoms with Gasteiger partial charge in [0, 0.05) is 5.54 Å². The van der Waals surface area contributed by atoms with Crippen LogP contribution in [0, 0.1) is 0 Å². The lowest BCUT2D eigenvalue weighted by atomic mass is 9.74. The van der Waals surface area contributed by atoms with Gasteiger partial charge in [-0.3, -0.25) is 0 Å². The molecule has 0 bridgehead atoms. The van der Waals surface area contributed by atoms with Gasteiger partial charge in [0.2, 0.25) is 0 Å². The van der Waals surface area contributed by atoms with Gasteiger partial charge in [0.1, 0.15) is 0 Å². The van der Waals surface area contributed by atoms with Crippen molar-refractivity contribution >= 4 is 23.0 Å². The first-order valence-corrected chi connectivity index (χ1v) is 5.87. The van der Waals surface area contributed by atoms with Crippen LogP contribution < -0.4 is 11.1 Å². The molecule has 0 atom stereocenters. The average molecular weight is 225 g/mol. The summed E-state index contributed by atoms with van der Waals surface area (Å²) in [7, 11) is 0. The molecule has 0 heterocycles. The van der Waals surface area contributed by atoms with Crippen LogP contribution in [0.3, 0.4) is 0 Å². The second-order valence-electron chi connectivity index (χ2n) is 4.31. The van der Waals surface area contributed by atoms with Crippen LogP contribution in [-0.2, 0) is 0 Å². The molecule has 1 aliphatic rings. The van der Waals surface area contributed by atoms with E-state index in [0.717, 1.165) is 12.1 Å². The minimum Gasteiger partial charge on any atom is -0.396 e. The lowest BCUT2D eigenvalue weighted by Gasteiger charge is -2.43. The summed E-state index contributed by atoms with van der Waals surface area (Å²) < 4.78 is 0. The van der Waals surface area contributed by atoms with Crippen molar-refractivity contribution in [2.45, 2.75) is 38.1 Å². The van der Waals surface area contributed by atoms with E-state index in [1.165, 1.54) is 19.3 Å². The molecule has 2 nitrogen and oxygen atoms in total. The topological polar surface area (TPSA) is 38.0 Å². The van der Waals surface area contributed by atoms with E-state index in [1.807, 2.05) is 18.2 Å². The fraction of sp³-hybridized carbons (Fsp3) is 0.500. The number of anilines is 2. The Balaban J connectivity index is 2.20. The number of nitrogens with two attached hydrogens (primary N) is 1. The Morgan fingerprint density at radius 1 is 1.47 bits per heavy atom. The van der Waals surface area contributed by atoms with Crippen LogP contribution >= 0.6 is 11.6 Å². The standard InChI is InChI=1S/C12H17ClN2/c1-2-12(7-4-8-12)15-10-6-3-5-9(13)11(10)14/h3,5-6,15H,2,4,7-8,14H2,1H3. The van der Waals surface area contributed by atoms with E-state index in [4.69, 9.17) is 17.3 Å². The zero-order chi connectivity index (χ0) is 10.9. The van der Waals surface area contributed by atoms with Gasteiger partial charge < -0.3 is 11.1 Å². The molecule has 1 aromatic carbocycles. The van der Waals surface area contributed by atoms with Gasteiger partial charge in [-0.1, -0.05) is 24.6 Å². The van der Waals surface area contributed by atoms with E-state index in [9.17, 15) is 0 Å². The van der Waals surface area contributed by atoms with Crippen molar-refractivity contribution in [3.63, 3.8) is 0 Å². The van der Waals surface area contributed by atoms with Gasteiger partial charge in [-0.2, -0.15) is 0 Å². The lowest BCUT2D eigenvalue weighted by Crippen LogP contribution is -2.44. The maximum absolute atomic E-state index is 5.98. The van der Waals surface area contributed by atoms with Crippen molar-refractivity contribution in [3.05, 3.63) is 23.2 Å². The molecular weight excluding hydrogens is 208 g/mol. The number of rotatable bonds is 3. The second-order valence-corrected chi connectivity index (χ2v) is 4.72. The van der Waals surface area contributed by atoms with Gasteiger partial charge in [0.15, 0.2) is 0 Å². The van der Waals surface area contributed by atoms with Crippen LogP contribution in [0.25, 0.3) is 0 Å². The first-order chi connectivity index (χ1) is 7.17. The van der Waals surface area contributed by atoms with Crippen LogP contribution in [-0.4, -0.2) is 5.54 Å². The van der Waals surface area contributed by atoms with Crippen molar-refractivity contribution in [1.29, 1.82) is 0 Å². The fourth-order valence-electron chi connectivity index (χ4n) is 2.10. The normalized spacial score (nSPS) is 18.3. The van der Waals surface area contributed by atoms with Gasteiger partial charge in [-0.15, -0.1) is 0 Å². The summed E-state index contributed by atoms with van der Waals surface area (Å²) in [5, 5.41) is 4.17. The van der Waals surface area contributed by atoms with Crippen LogP contribution in [0.2, 0.25) is 5.02 Å². The Kier molecular flexibility index (Phi) is 2.79. The maximum atomic E-state index is 5.98. The van der Waals surface area contributed by atoms with Crippen molar-refractivity contribution in [2.75, 3.05) is 11.1 Å². The van der Waals surface area contributed by atoms with Crippen molar-refractivity contribution in [2.24, 2.45) is 0 Å². The molecule has 82 valence electrons. The molecule has 0 amide bonds. The highest BCUT2D eigenvalue weighted by Gasteiger charge is 2.35. The van der Waals surface area contributed by atoms with Gasteiger partial charge in [0.25, 0.3) is 0 Å². The summed E-state index contributed by atoms with van der Waals surface area (Å²) >= 11 is 5.98. The molecule has 1 fully saturated rings. The Morgan fingerprint density at radius 3 is 2.73 bits per heavy atom. The molecule has 15 heavy (non-hydrogen) atoms. The Hall–Kier alpha value is -0.890. The monoisotopic (exact) mass is 224 g/mol. The van der Waals surface area contributed by atoms with Gasteiger partial charge in [-0.05, 0) is 37.8 Å². The number of para-hydroxylation sites is 1. The number of hydrogen-bond acceptors (Lipinski definition) is 2. The number of benzene rings is 1. The summed E-state index contributed by atoms with van der Waals surface area (Å²) in [6.45, 7) is 2.22. The highest BCUT2D eigenvalue weighted by Crippen LogP contribution is 2.40. The third kappa shape index (κ3) is 1.91. The van der Waals surface area contributed by atoms with Gasteiger partial charge >= 0.3 is 0 Å². The van der Waals surface area contributed by atoms with E-state index in [-0.39, 0.29) is 5.54 Å². The lowest BCUT2D eigenvalue weighted by molar-refractivity contribution is 0.270. The van der Waals surface area contributed by atoms with Crippen LogP contribution in [0.5, 0.6) is 0 Å². The maximum Gasteiger partial charge on any atom is 0.0739 e. The third-order valence-electron chi connectivity index (χ3n) is 3.44. The summed E-state index contributed by atoms with van der Waals surface area (Å²) in [6, 6.07) is 5.75. The molecule has 0 aliphatic heterocycles. The fourth-order valence-corrected chi connectivity index (χ4v) is 2.28. The van der Waals surface area contributed by atoms with Gasteiger partial charge in [0.05, 0.1) is 16.4 Å². The zero-order valence-corrected chi connectivity index (χ0v) is 9.77. The Morgan fingerprint density at radius 2 is 2.20 bits per heavy atom. The van der Waals surface area contributed by atoms with Crippen LogP contribution in [0.1, 0.15) is 32.6 Å². The van der Waals surface area contributed by atoms with Crippen molar-refractivity contribution < 1.29 is 0 Å². The van der Waals surface area contributed by atoms with E-state index in [1.54, 1.807) is 0 Å². The summed E-state index contributed by atoms with van der Waals surface area (Å²) in [5.41, 5.74) is 7.83. The number of hydrogen-bond donors (Lipinski definition) is 2. The third-order valence-corrected chi connectivity index (χ3v) is 3.77. The number of nitrogen functional groups attached to an aromatic ring is 1. The molecule has 0 saturated heterocycles. The molecule has 0 spiro atoms. The van der Waals surface area contributed by atoms with Crippen molar-refractivity contribution in [1.82, 2.24) is 0 Å². The minimum atomic E-state index is 0.263. The predicted octanol–water partition coefficient (Wildman–Crippen LogP) is 3.67. The summed E-state index contributed by atoms with van der Waals surface area (Å²) in [4.78, 5) is 0. The molecule has 3 N–H and O–H groups in total. The van der Waals surface area contributed by atoms with Crippen LogP contribution in [0.15, 0.2) is 18.2 Å². The molecule has 0 unspecified atom stereocenters. The van der Waals surface area contributed by atoms with Crippen molar-refractivity contribution in [3.8, 4) is 0 Å². The first kappa shape index (κ1) is 10.6. The van der Waals surface area contributed by atoms with E-state index in [2.05, 4.69) is 12.2 Å². The minimum absolute atomic E-state index is 0.263. The van der Waals surface area contributed by atoms with Gasteiger partial charge in [-0.25, -0.2) is 0 Å².